The Morgan fingerprint density at radius 3 is 2.35 bits per heavy atom. The molecule has 2 aromatic carbocycles. The molecule has 0 aliphatic rings. The first-order valence-electron chi connectivity index (χ1n) is 8.58. The zero-order valence-corrected chi connectivity index (χ0v) is 15.5. The number of nitriles is 1. The average Bonchev–Trinajstić information content (AvgIpc) is 2.61. The molecule has 2 rings (SSSR count). The van der Waals surface area contributed by atoms with Crippen LogP contribution in [-0.2, 0) is 0 Å². The van der Waals surface area contributed by atoms with Crippen molar-refractivity contribution in [1.29, 1.82) is 5.26 Å². The first kappa shape index (κ1) is 19.3. The molecular weight excluding hydrogens is 326 g/mol. The molecule has 0 bridgehead atoms. The summed E-state index contributed by atoms with van der Waals surface area (Å²) >= 11 is 0. The number of carboxylic acids is 1. The van der Waals surface area contributed by atoms with Crippen molar-refractivity contribution in [1.82, 2.24) is 0 Å². The summed E-state index contributed by atoms with van der Waals surface area (Å²) in [6.07, 6.45) is 1.82. The molecule has 0 radical (unpaired) electrons. The minimum Gasteiger partial charge on any atom is -0.545 e. The van der Waals surface area contributed by atoms with E-state index in [9.17, 15) is 15.2 Å². The van der Waals surface area contributed by atoms with E-state index < -0.39 is 5.97 Å². The number of aryl methyl sites for hydroxylation is 1. The summed E-state index contributed by atoms with van der Waals surface area (Å²) in [5, 5.41) is 20.4. The number of nitrogens with zero attached hydrogens (tertiary/aromatic N) is 1. The van der Waals surface area contributed by atoms with Crippen molar-refractivity contribution in [3.63, 3.8) is 0 Å². The highest BCUT2D eigenvalue weighted by Crippen LogP contribution is 2.31. The number of hydrogen-bond acceptors (Lipinski definition) is 4. The zero-order valence-electron chi connectivity index (χ0n) is 15.5. The molecule has 0 N–H and O–H groups in total. The number of allylic oxidation sites excluding steroid dienone is 1. The van der Waals surface area contributed by atoms with Gasteiger partial charge in [0.05, 0.1) is 24.2 Å². The summed E-state index contributed by atoms with van der Waals surface area (Å²) in [5.74, 6) is -0.0749. The van der Waals surface area contributed by atoms with Crippen molar-refractivity contribution in [3.05, 3.63) is 64.2 Å². The Balaban J connectivity index is 2.50. The number of carboxylic acid groups (broad SMARTS) is 1. The molecule has 26 heavy (non-hydrogen) atoms. The van der Waals surface area contributed by atoms with Gasteiger partial charge >= 0.3 is 0 Å². The fraction of sp³-hybridized carbons (Fsp3) is 0.273. The molecule has 0 saturated carbocycles. The molecule has 0 amide bonds. The maximum Gasteiger partial charge on any atom is 0.123 e. The van der Waals surface area contributed by atoms with E-state index in [0.29, 0.717) is 17.7 Å². The number of ether oxygens (including phenoxy) is 1. The van der Waals surface area contributed by atoms with Crippen LogP contribution in [0.3, 0.4) is 0 Å². The second kappa shape index (κ2) is 8.35. The number of rotatable bonds is 6. The lowest BCUT2D eigenvalue weighted by Gasteiger charge is -2.16. The van der Waals surface area contributed by atoms with E-state index in [2.05, 4.69) is 26.0 Å². The van der Waals surface area contributed by atoms with Crippen LogP contribution in [0.4, 0.5) is 0 Å². The molecule has 0 aliphatic carbocycles. The molecule has 0 spiro atoms. The molecule has 0 atom stereocenters. The highest BCUT2D eigenvalue weighted by atomic mass is 16.5. The van der Waals surface area contributed by atoms with Crippen LogP contribution in [0.5, 0.6) is 5.75 Å². The summed E-state index contributed by atoms with van der Waals surface area (Å²) in [7, 11) is 0. The van der Waals surface area contributed by atoms with Gasteiger partial charge in [-0.15, -0.1) is 0 Å². The Hall–Kier alpha value is -3.06. The third kappa shape index (κ3) is 4.31. The SMILES string of the molecule is CCOc1cc(C)c(/C=C(\C#N)c2ccc(C(=O)[O-])cc2)cc1C(C)C. The van der Waals surface area contributed by atoms with Gasteiger partial charge in [0, 0.05) is 0 Å². The smallest absolute Gasteiger partial charge is 0.123 e. The Labute approximate surface area is 154 Å². The van der Waals surface area contributed by atoms with Crippen molar-refractivity contribution in [3.8, 4) is 11.8 Å². The first-order chi connectivity index (χ1) is 12.4. The molecule has 2 aromatic rings. The summed E-state index contributed by atoms with van der Waals surface area (Å²) in [6, 6.07) is 12.4. The van der Waals surface area contributed by atoms with E-state index in [-0.39, 0.29) is 11.5 Å². The minimum atomic E-state index is -1.23. The highest BCUT2D eigenvalue weighted by Gasteiger charge is 2.12. The summed E-state index contributed by atoms with van der Waals surface area (Å²) in [4.78, 5) is 10.9. The Bertz CT molecular complexity index is 871. The third-order valence-corrected chi connectivity index (χ3v) is 4.17. The van der Waals surface area contributed by atoms with Crippen LogP contribution in [0.2, 0.25) is 0 Å². The van der Waals surface area contributed by atoms with Crippen LogP contribution < -0.4 is 9.84 Å². The second-order valence-corrected chi connectivity index (χ2v) is 6.37. The number of hydrogen-bond donors (Lipinski definition) is 0. The van der Waals surface area contributed by atoms with E-state index in [0.717, 1.165) is 22.4 Å². The lowest BCUT2D eigenvalue weighted by atomic mass is 9.94. The van der Waals surface area contributed by atoms with Crippen molar-refractivity contribution < 1.29 is 14.6 Å². The average molecular weight is 348 g/mol. The standard InChI is InChI=1S/C22H23NO3/c1-5-26-21-10-15(4)18(12-20(21)14(2)3)11-19(13-23)16-6-8-17(9-7-16)22(24)25/h6-12,14H,5H2,1-4H3,(H,24,25)/p-1/b19-11+. The predicted molar refractivity (Wildman–Crippen MR) is 101 cm³/mol. The summed E-state index contributed by atoms with van der Waals surface area (Å²) < 4.78 is 5.74. The molecular formula is C22H22NO3-. The maximum atomic E-state index is 10.9. The van der Waals surface area contributed by atoms with Gasteiger partial charge in [0.15, 0.2) is 0 Å². The van der Waals surface area contributed by atoms with Gasteiger partial charge in [-0.1, -0.05) is 38.1 Å². The van der Waals surface area contributed by atoms with Gasteiger partial charge in [0.25, 0.3) is 0 Å². The van der Waals surface area contributed by atoms with Crippen molar-refractivity contribution in [2.75, 3.05) is 6.61 Å². The molecule has 0 heterocycles. The molecule has 0 fully saturated rings. The molecule has 0 aromatic heterocycles. The normalized spacial score (nSPS) is 11.3. The topological polar surface area (TPSA) is 73.1 Å². The zero-order chi connectivity index (χ0) is 19.3. The Morgan fingerprint density at radius 1 is 1.23 bits per heavy atom. The highest BCUT2D eigenvalue weighted by molar-refractivity contribution is 5.92. The Kier molecular flexibility index (Phi) is 6.19. The maximum absolute atomic E-state index is 10.9. The van der Waals surface area contributed by atoms with Gasteiger partial charge in [0.2, 0.25) is 0 Å². The fourth-order valence-electron chi connectivity index (χ4n) is 2.72. The van der Waals surface area contributed by atoms with Gasteiger partial charge < -0.3 is 14.6 Å². The van der Waals surface area contributed by atoms with Crippen LogP contribution in [-0.4, -0.2) is 12.6 Å². The van der Waals surface area contributed by atoms with Crippen LogP contribution in [0.1, 0.15) is 59.3 Å². The number of carbonyl (C=O) groups excluding carboxylic acids is 1. The van der Waals surface area contributed by atoms with Gasteiger partial charge in [0.1, 0.15) is 5.75 Å². The summed E-state index contributed by atoms with van der Waals surface area (Å²) in [6.45, 7) is 8.74. The first-order valence-corrected chi connectivity index (χ1v) is 8.58. The van der Waals surface area contributed by atoms with Crippen molar-refractivity contribution >= 4 is 17.6 Å². The minimum absolute atomic E-state index is 0.0883. The van der Waals surface area contributed by atoms with Gasteiger partial charge in [-0.05, 0) is 65.8 Å². The van der Waals surface area contributed by atoms with Gasteiger partial charge in [-0.3, -0.25) is 0 Å². The molecule has 134 valence electrons. The largest absolute Gasteiger partial charge is 0.545 e. The van der Waals surface area contributed by atoms with E-state index in [1.54, 1.807) is 12.1 Å². The number of carbonyl (C=O) groups is 1. The van der Waals surface area contributed by atoms with Gasteiger partial charge in [-0.2, -0.15) is 5.26 Å². The number of aromatic carboxylic acids is 1. The van der Waals surface area contributed by atoms with Crippen molar-refractivity contribution in [2.45, 2.75) is 33.6 Å². The van der Waals surface area contributed by atoms with Crippen LogP contribution in [0, 0.1) is 18.3 Å². The van der Waals surface area contributed by atoms with E-state index in [4.69, 9.17) is 4.74 Å². The predicted octanol–water partition coefficient (Wildman–Crippen LogP) is 3.94. The lowest BCUT2D eigenvalue weighted by molar-refractivity contribution is -0.255. The fourth-order valence-corrected chi connectivity index (χ4v) is 2.72. The van der Waals surface area contributed by atoms with Crippen LogP contribution >= 0.6 is 0 Å². The van der Waals surface area contributed by atoms with Crippen molar-refractivity contribution in [2.24, 2.45) is 0 Å². The Morgan fingerprint density at radius 2 is 1.85 bits per heavy atom. The molecule has 0 saturated heterocycles. The summed E-state index contributed by atoms with van der Waals surface area (Å²) in [5.41, 5.74) is 4.27. The van der Waals surface area contributed by atoms with E-state index in [1.807, 2.05) is 26.0 Å². The molecule has 4 nitrogen and oxygen atoms in total. The lowest BCUT2D eigenvalue weighted by Crippen LogP contribution is -2.21. The van der Waals surface area contributed by atoms with Crippen LogP contribution in [0.15, 0.2) is 36.4 Å². The molecule has 0 unspecified atom stereocenters. The third-order valence-electron chi connectivity index (χ3n) is 4.17. The van der Waals surface area contributed by atoms with Crippen LogP contribution in [0.25, 0.3) is 11.6 Å². The number of benzene rings is 2. The molecule has 4 heteroatoms. The second-order valence-electron chi connectivity index (χ2n) is 6.37. The monoisotopic (exact) mass is 348 g/mol. The van der Waals surface area contributed by atoms with E-state index in [1.165, 1.54) is 12.1 Å². The molecule has 0 aliphatic heterocycles. The van der Waals surface area contributed by atoms with Gasteiger partial charge in [-0.25, -0.2) is 0 Å². The quantitative estimate of drug-likeness (QED) is 0.585. The van der Waals surface area contributed by atoms with E-state index >= 15 is 0 Å².